The minimum Gasteiger partial charge on any atom is -0.368 e. The molecule has 2 heterocycles. The molecule has 0 atom stereocenters. The van der Waals surface area contributed by atoms with E-state index in [0.717, 1.165) is 32.1 Å². The van der Waals surface area contributed by atoms with Crippen molar-refractivity contribution < 1.29 is 0 Å². The lowest BCUT2D eigenvalue weighted by molar-refractivity contribution is 0.208. The van der Waals surface area contributed by atoms with E-state index in [1.54, 1.807) is 0 Å². The van der Waals surface area contributed by atoms with Gasteiger partial charge in [0.1, 0.15) is 0 Å². The topological polar surface area (TPSA) is 74.1 Å². The van der Waals surface area contributed by atoms with Gasteiger partial charge in [-0.15, -0.1) is 5.10 Å². The van der Waals surface area contributed by atoms with E-state index in [2.05, 4.69) is 38.8 Å². The number of hydrogen-bond acceptors (Lipinski definition) is 5. The lowest BCUT2D eigenvalue weighted by Gasteiger charge is -2.36. The van der Waals surface area contributed by atoms with E-state index in [-0.39, 0.29) is 0 Å². The Hall–Kier alpha value is -1.30. The zero-order valence-electron chi connectivity index (χ0n) is 9.27. The van der Waals surface area contributed by atoms with Crippen molar-refractivity contribution in [1.29, 1.82) is 0 Å². The highest BCUT2D eigenvalue weighted by Gasteiger charge is 2.20. The average Bonchev–Trinajstić information content (AvgIpc) is 2.65. The lowest BCUT2D eigenvalue weighted by Crippen LogP contribution is -2.49. The van der Waals surface area contributed by atoms with Gasteiger partial charge in [0, 0.05) is 32.2 Å². The van der Waals surface area contributed by atoms with Crippen LogP contribution in [-0.2, 0) is 0 Å². The first-order valence-corrected chi connectivity index (χ1v) is 5.33. The molecule has 15 heavy (non-hydrogen) atoms. The maximum absolute atomic E-state index is 5.49. The molecule has 0 bridgehead atoms. The molecule has 1 aromatic heterocycles. The second-order valence-electron chi connectivity index (χ2n) is 4.14. The normalized spacial score (nSPS) is 18.7. The molecule has 6 heteroatoms. The van der Waals surface area contributed by atoms with Crippen LogP contribution in [-0.4, -0.2) is 52.3 Å². The van der Waals surface area contributed by atoms with Gasteiger partial charge < -0.3 is 10.6 Å². The fourth-order valence-electron chi connectivity index (χ4n) is 1.84. The molecule has 1 aliphatic heterocycles. The minimum absolute atomic E-state index is 0.385. The summed E-state index contributed by atoms with van der Waals surface area (Å²) in [5.41, 5.74) is 5.49. The Labute approximate surface area is 89.5 Å². The fourth-order valence-corrected chi connectivity index (χ4v) is 1.84. The van der Waals surface area contributed by atoms with E-state index >= 15 is 0 Å². The Morgan fingerprint density at radius 3 is 2.40 bits per heavy atom. The average molecular weight is 210 g/mol. The van der Waals surface area contributed by atoms with Crippen LogP contribution in [0.5, 0.6) is 0 Å². The van der Waals surface area contributed by atoms with Crippen molar-refractivity contribution in [3.05, 3.63) is 0 Å². The number of piperazine rings is 1. The number of hydrogen-bond donors (Lipinski definition) is 2. The maximum Gasteiger partial charge on any atom is 0.246 e. The first-order chi connectivity index (χ1) is 7.16. The molecule has 0 unspecified atom stereocenters. The van der Waals surface area contributed by atoms with Gasteiger partial charge in [0.2, 0.25) is 11.9 Å². The number of nitrogens with one attached hydrogen (secondary N) is 1. The van der Waals surface area contributed by atoms with Gasteiger partial charge in [-0.25, -0.2) is 5.10 Å². The molecule has 84 valence electrons. The van der Waals surface area contributed by atoms with Gasteiger partial charge in [-0.05, 0) is 13.8 Å². The third-order valence-electron chi connectivity index (χ3n) is 2.82. The Bertz CT molecular complexity index is 312. The summed E-state index contributed by atoms with van der Waals surface area (Å²) in [7, 11) is 0. The lowest BCUT2D eigenvalue weighted by atomic mass is 10.2. The van der Waals surface area contributed by atoms with E-state index in [0.29, 0.717) is 12.0 Å². The molecule has 0 radical (unpaired) electrons. The second-order valence-corrected chi connectivity index (χ2v) is 4.14. The zero-order chi connectivity index (χ0) is 10.8. The highest BCUT2D eigenvalue weighted by atomic mass is 15.4. The van der Waals surface area contributed by atoms with Crippen LogP contribution in [0.4, 0.5) is 11.9 Å². The van der Waals surface area contributed by atoms with Crippen LogP contribution in [0, 0.1) is 0 Å². The fraction of sp³-hybridized carbons (Fsp3) is 0.778. The van der Waals surface area contributed by atoms with E-state index in [1.807, 2.05) is 0 Å². The number of anilines is 2. The van der Waals surface area contributed by atoms with Crippen molar-refractivity contribution in [2.24, 2.45) is 0 Å². The predicted molar refractivity (Wildman–Crippen MR) is 59.7 cm³/mol. The van der Waals surface area contributed by atoms with Gasteiger partial charge in [-0.3, -0.25) is 4.90 Å². The third kappa shape index (κ3) is 2.20. The predicted octanol–water partition coefficient (Wildman–Crippen LogP) is -0.0827. The molecule has 1 aliphatic rings. The van der Waals surface area contributed by atoms with Gasteiger partial charge in [0.15, 0.2) is 0 Å². The number of nitrogens with zero attached hydrogens (tertiary/aromatic N) is 4. The first-order valence-electron chi connectivity index (χ1n) is 5.33. The van der Waals surface area contributed by atoms with Gasteiger partial charge in [0.05, 0.1) is 0 Å². The van der Waals surface area contributed by atoms with Gasteiger partial charge in [-0.2, -0.15) is 4.98 Å². The molecule has 0 amide bonds. The molecular weight excluding hydrogens is 192 g/mol. The van der Waals surface area contributed by atoms with Crippen LogP contribution in [0.15, 0.2) is 0 Å². The number of nitrogen functional groups attached to an aromatic ring is 1. The molecule has 0 aliphatic carbocycles. The SMILES string of the molecule is CC(C)N1CCN(c2n[nH]c(N)n2)CC1. The molecule has 0 spiro atoms. The molecule has 1 fully saturated rings. The quantitative estimate of drug-likeness (QED) is 0.714. The monoisotopic (exact) mass is 210 g/mol. The molecule has 2 rings (SSSR count). The van der Waals surface area contributed by atoms with Gasteiger partial charge in [-0.1, -0.05) is 0 Å². The summed E-state index contributed by atoms with van der Waals surface area (Å²) in [5.74, 6) is 1.10. The number of nitrogens with two attached hydrogens (primary N) is 1. The van der Waals surface area contributed by atoms with Crippen LogP contribution in [0.25, 0.3) is 0 Å². The van der Waals surface area contributed by atoms with E-state index < -0.39 is 0 Å². The Balaban J connectivity index is 1.93. The summed E-state index contributed by atoms with van der Waals surface area (Å²) in [4.78, 5) is 8.73. The summed E-state index contributed by atoms with van der Waals surface area (Å²) in [5, 5.41) is 6.72. The van der Waals surface area contributed by atoms with Crippen LogP contribution in [0.3, 0.4) is 0 Å². The zero-order valence-corrected chi connectivity index (χ0v) is 9.27. The molecular formula is C9H18N6. The number of rotatable bonds is 2. The molecule has 0 saturated carbocycles. The number of aromatic nitrogens is 3. The summed E-state index contributed by atoms with van der Waals surface area (Å²) in [6.07, 6.45) is 0. The molecule has 3 N–H and O–H groups in total. The second kappa shape index (κ2) is 4.06. The standard InChI is InChI=1S/C9H18N6/c1-7(2)14-3-5-15(6-4-14)9-11-8(10)12-13-9/h7H,3-6H2,1-2H3,(H3,10,11,12,13). The van der Waals surface area contributed by atoms with Gasteiger partial charge >= 0.3 is 0 Å². The van der Waals surface area contributed by atoms with Crippen LogP contribution < -0.4 is 10.6 Å². The molecule has 1 saturated heterocycles. The Morgan fingerprint density at radius 1 is 1.27 bits per heavy atom. The summed E-state index contributed by atoms with van der Waals surface area (Å²) in [6, 6.07) is 0.615. The van der Waals surface area contributed by atoms with Crippen molar-refractivity contribution in [1.82, 2.24) is 20.1 Å². The molecule has 1 aromatic rings. The Morgan fingerprint density at radius 2 is 1.93 bits per heavy atom. The minimum atomic E-state index is 0.385. The summed E-state index contributed by atoms with van der Waals surface area (Å²) < 4.78 is 0. The van der Waals surface area contributed by atoms with E-state index in [4.69, 9.17) is 5.73 Å². The molecule has 0 aromatic carbocycles. The van der Waals surface area contributed by atoms with Crippen molar-refractivity contribution in [2.45, 2.75) is 19.9 Å². The smallest absolute Gasteiger partial charge is 0.246 e. The largest absolute Gasteiger partial charge is 0.368 e. The summed E-state index contributed by atoms with van der Waals surface area (Å²) >= 11 is 0. The highest BCUT2D eigenvalue weighted by Crippen LogP contribution is 2.12. The van der Waals surface area contributed by atoms with E-state index in [1.165, 1.54) is 0 Å². The van der Waals surface area contributed by atoms with Crippen LogP contribution in [0.1, 0.15) is 13.8 Å². The number of H-pyrrole nitrogens is 1. The van der Waals surface area contributed by atoms with Crippen molar-refractivity contribution in [3.8, 4) is 0 Å². The van der Waals surface area contributed by atoms with Gasteiger partial charge in [0.25, 0.3) is 0 Å². The highest BCUT2D eigenvalue weighted by molar-refractivity contribution is 5.34. The van der Waals surface area contributed by atoms with Crippen molar-refractivity contribution >= 4 is 11.9 Å². The van der Waals surface area contributed by atoms with Crippen molar-refractivity contribution in [3.63, 3.8) is 0 Å². The maximum atomic E-state index is 5.49. The number of aromatic amines is 1. The van der Waals surface area contributed by atoms with Crippen LogP contribution >= 0.6 is 0 Å². The summed E-state index contributed by atoms with van der Waals surface area (Å²) in [6.45, 7) is 8.50. The molecule has 6 nitrogen and oxygen atoms in total. The van der Waals surface area contributed by atoms with E-state index in [9.17, 15) is 0 Å². The Kier molecular flexibility index (Phi) is 2.77. The van der Waals surface area contributed by atoms with Crippen molar-refractivity contribution in [2.75, 3.05) is 36.8 Å². The first kappa shape index (κ1) is 10.2. The van der Waals surface area contributed by atoms with Crippen LogP contribution in [0.2, 0.25) is 0 Å². The third-order valence-corrected chi connectivity index (χ3v) is 2.82.